The molecule has 0 radical (unpaired) electrons. The summed E-state index contributed by atoms with van der Waals surface area (Å²) < 4.78 is 20.5. The molecule has 1 spiro atoms. The van der Waals surface area contributed by atoms with Gasteiger partial charge in [0.05, 0.1) is 16.8 Å². The van der Waals surface area contributed by atoms with Gasteiger partial charge in [-0.1, -0.05) is 0 Å². The van der Waals surface area contributed by atoms with Gasteiger partial charge in [0.1, 0.15) is 29.7 Å². The van der Waals surface area contributed by atoms with Gasteiger partial charge in [-0.15, -0.1) is 11.3 Å². The Balaban J connectivity index is 1.16. The lowest BCUT2D eigenvalue weighted by atomic mass is 9.74. The maximum absolute atomic E-state index is 14.2. The molecule has 5 aliphatic rings. The number of rotatable bonds is 4. The number of alkyl halides is 1. The highest BCUT2D eigenvalue weighted by atomic mass is 32.2. The zero-order valence-corrected chi connectivity index (χ0v) is 21.3. The monoisotopic (exact) mass is 512 g/mol. The average Bonchev–Trinajstić information content (AvgIpc) is 3.54. The van der Waals surface area contributed by atoms with Crippen molar-refractivity contribution in [1.82, 2.24) is 14.9 Å². The number of thioether (sulfide) groups is 1. The summed E-state index contributed by atoms with van der Waals surface area (Å²) in [6.45, 7) is 3.62. The molecule has 2 atom stereocenters. The number of nitrogens with zero attached hydrogens (tertiary/aromatic N) is 5. The molecule has 10 heteroatoms. The molecule has 0 bridgehead atoms. The number of aromatic nitrogens is 2. The fraction of sp³-hybridized carbons (Fsp3) is 0.640. The van der Waals surface area contributed by atoms with Crippen LogP contribution in [0.25, 0.3) is 0 Å². The third-order valence-electron chi connectivity index (χ3n) is 8.78. The van der Waals surface area contributed by atoms with Gasteiger partial charge in [0, 0.05) is 47.7 Å². The summed E-state index contributed by atoms with van der Waals surface area (Å²) in [5.74, 6) is 2.95. The highest BCUT2D eigenvalue weighted by molar-refractivity contribution is 7.98. The van der Waals surface area contributed by atoms with E-state index in [1.54, 1.807) is 11.3 Å². The van der Waals surface area contributed by atoms with Crippen molar-refractivity contribution in [1.29, 1.82) is 5.26 Å². The second-order valence-electron chi connectivity index (χ2n) is 10.8. The summed E-state index contributed by atoms with van der Waals surface area (Å²) in [5.41, 5.74) is 10.1. The molecule has 4 aliphatic heterocycles. The van der Waals surface area contributed by atoms with E-state index in [1.165, 1.54) is 16.0 Å². The first-order chi connectivity index (χ1) is 17.0. The second-order valence-corrected chi connectivity index (χ2v) is 13.1. The van der Waals surface area contributed by atoms with E-state index in [0.717, 1.165) is 74.8 Å². The van der Waals surface area contributed by atoms with Crippen LogP contribution in [0.1, 0.15) is 52.9 Å². The number of halogens is 1. The van der Waals surface area contributed by atoms with E-state index >= 15 is 0 Å². The molecule has 0 amide bonds. The van der Waals surface area contributed by atoms with Crippen LogP contribution in [0.2, 0.25) is 0 Å². The molecule has 184 valence electrons. The van der Waals surface area contributed by atoms with Crippen LogP contribution in [0.5, 0.6) is 6.01 Å². The number of nitriles is 1. The van der Waals surface area contributed by atoms with E-state index < -0.39 is 6.17 Å². The van der Waals surface area contributed by atoms with Crippen LogP contribution < -0.4 is 15.4 Å². The highest BCUT2D eigenvalue weighted by Gasteiger charge is 2.52. The predicted octanol–water partition coefficient (Wildman–Crippen LogP) is 3.44. The average molecular weight is 513 g/mol. The molecule has 1 aliphatic carbocycles. The molecule has 7 rings (SSSR count). The minimum Gasteiger partial charge on any atom is -0.461 e. The highest BCUT2D eigenvalue weighted by Crippen LogP contribution is 2.53. The molecule has 0 aromatic carbocycles. The van der Waals surface area contributed by atoms with Gasteiger partial charge >= 0.3 is 6.01 Å². The summed E-state index contributed by atoms with van der Waals surface area (Å²) >= 11 is 3.51. The Morgan fingerprint density at radius 1 is 1.26 bits per heavy atom. The normalized spacial score (nSPS) is 28.5. The van der Waals surface area contributed by atoms with Crippen LogP contribution in [0, 0.1) is 11.3 Å². The number of fused-ring (bicyclic) bond motifs is 4. The minimum atomic E-state index is -0.769. The van der Waals surface area contributed by atoms with Crippen molar-refractivity contribution >= 4 is 33.9 Å². The fourth-order valence-electron chi connectivity index (χ4n) is 7.14. The summed E-state index contributed by atoms with van der Waals surface area (Å²) in [6.07, 6.45) is 4.83. The molecule has 2 aromatic rings. The van der Waals surface area contributed by atoms with E-state index in [1.807, 2.05) is 11.8 Å². The van der Waals surface area contributed by atoms with Crippen molar-refractivity contribution in [3.05, 3.63) is 27.3 Å². The van der Waals surface area contributed by atoms with E-state index in [2.05, 4.69) is 15.9 Å². The molecule has 6 heterocycles. The first kappa shape index (κ1) is 22.1. The van der Waals surface area contributed by atoms with Crippen molar-refractivity contribution < 1.29 is 9.13 Å². The van der Waals surface area contributed by atoms with Gasteiger partial charge in [-0.3, -0.25) is 4.90 Å². The molecule has 3 saturated heterocycles. The lowest BCUT2D eigenvalue weighted by Crippen LogP contribution is -2.59. The van der Waals surface area contributed by atoms with E-state index in [-0.39, 0.29) is 11.0 Å². The first-order valence-corrected chi connectivity index (χ1v) is 14.5. The number of hydrogen-bond donors (Lipinski definition) is 1. The second kappa shape index (κ2) is 7.95. The number of hydrogen-bond acceptors (Lipinski definition) is 9. The maximum Gasteiger partial charge on any atom is 0.318 e. The molecule has 2 N–H and O–H groups in total. The Morgan fingerprint density at radius 3 is 3.00 bits per heavy atom. The van der Waals surface area contributed by atoms with Crippen molar-refractivity contribution in [3.8, 4) is 12.1 Å². The SMILES string of the molecule is N#Cc1c(N)sc2c1C1(CC2)CN(c2nc(OC[C@@]34CCCN3CC(F)C4)nc3c2CSCC3)C1. The van der Waals surface area contributed by atoms with Gasteiger partial charge in [-0.05, 0) is 50.0 Å². The number of aryl methyl sites for hydroxylation is 2. The van der Waals surface area contributed by atoms with Gasteiger partial charge in [0.2, 0.25) is 0 Å². The fourth-order valence-corrected chi connectivity index (χ4v) is 9.26. The number of nitrogen functional groups attached to an aromatic ring is 1. The van der Waals surface area contributed by atoms with Crippen LogP contribution in [-0.4, -0.2) is 65.1 Å². The Morgan fingerprint density at radius 2 is 2.14 bits per heavy atom. The van der Waals surface area contributed by atoms with E-state index in [4.69, 9.17) is 20.4 Å². The van der Waals surface area contributed by atoms with Crippen molar-refractivity contribution in [3.63, 3.8) is 0 Å². The Bertz CT molecular complexity index is 1240. The van der Waals surface area contributed by atoms with Crippen LogP contribution >= 0.6 is 23.1 Å². The molecule has 2 aromatic heterocycles. The molecule has 0 saturated carbocycles. The number of ether oxygens (including phenoxy) is 1. The quantitative estimate of drug-likeness (QED) is 0.666. The Hall–Kier alpha value is -2.09. The Labute approximate surface area is 212 Å². The van der Waals surface area contributed by atoms with Gasteiger partial charge in [0.15, 0.2) is 0 Å². The Kier molecular flexibility index (Phi) is 5.03. The molecular weight excluding hydrogens is 483 g/mol. The minimum absolute atomic E-state index is 0.00151. The van der Waals surface area contributed by atoms with Gasteiger partial charge < -0.3 is 15.4 Å². The van der Waals surface area contributed by atoms with Crippen molar-refractivity contribution in [2.24, 2.45) is 0 Å². The maximum atomic E-state index is 14.2. The van der Waals surface area contributed by atoms with Crippen LogP contribution in [0.3, 0.4) is 0 Å². The third-order valence-corrected chi connectivity index (χ3v) is 10.8. The molecule has 7 nitrogen and oxygen atoms in total. The zero-order chi connectivity index (χ0) is 23.8. The van der Waals surface area contributed by atoms with Crippen molar-refractivity contribution in [2.45, 2.75) is 61.4 Å². The number of thiophene rings is 1. The molecule has 1 unspecified atom stereocenters. The van der Waals surface area contributed by atoms with Gasteiger partial charge in [-0.2, -0.15) is 27.0 Å². The summed E-state index contributed by atoms with van der Waals surface area (Å²) in [7, 11) is 0. The van der Waals surface area contributed by atoms with E-state index in [0.29, 0.717) is 36.1 Å². The molecule has 3 fully saturated rings. The van der Waals surface area contributed by atoms with Crippen LogP contribution in [-0.2, 0) is 24.0 Å². The van der Waals surface area contributed by atoms with Crippen LogP contribution in [0.15, 0.2) is 0 Å². The number of nitrogens with two attached hydrogens (primary N) is 1. The topological polar surface area (TPSA) is 91.3 Å². The van der Waals surface area contributed by atoms with Crippen molar-refractivity contribution in [2.75, 3.05) is 49.2 Å². The molecular formula is C25H29FN6OS2. The molecule has 35 heavy (non-hydrogen) atoms. The lowest BCUT2D eigenvalue weighted by molar-refractivity contribution is 0.107. The number of anilines is 2. The van der Waals surface area contributed by atoms with Crippen LogP contribution in [0.4, 0.5) is 15.2 Å². The zero-order valence-electron chi connectivity index (χ0n) is 19.7. The first-order valence-electron chi connectivity index (χ1n) is 12.6. The summed E-state index contributed by atoms with van der Waals surface area (Å²) in [5, 5.41) is 10.4. The predicted molar refractivity (Wildman–Crippen MR) is 136 cm³/mol. The summed E-state index contributed by atoms with van der Waals surface area (Å²) in [4.78, 5) is 15.6. The summed E-state index contributed by atoms with van der Waals surface area (Å²) in [6, 6.07) is 2.79. The van der Waals surface area contributed by atoms with Gasteiger partial charge in [-0.25, -0.2) is 4.39 Å². The van der Waals surface area contributed by atoms with Gasteiger partial charge in [0.25, 0.3) is 0 Å². The smallest absolute Gasteiger partial charge is 0.318 e. The third kappa shape index (κ3) is 3.31. The van der Waals surface area contributed by atoms with E-state index in [9.17, 15) is 9.65 Å². The largest absolute Gasteiger partial charge is 0.461 e. The standard InChI is InChI=1S/C25H29FN6OS2/c26-15-8-25(4-1-6-32(25)10-15)14-33-23-29-18-3-7-34-11-17(18)22(30-23)31-12-24(13-31)5-2-19-20(24)16(9-27)21(28)35-19/h15H,1-8,10-14,28H2/t15?,25-/m0/s1. The lowest BCUT2D eigenvalue weighted by Gasteiger charge is -2.50.